The van der Waals surface area contributed by atoms with Crippen molar-refractivity contribution in [3.05, 3.63) is 74.5 Å². The second-order valence-corrected chi connectivity index (χ2v) is 8.85. The summed E-state index contributed by atoms with van der Waals surface area (Å²) in [5.74, 6) is 1.32. The lowest BCUT2D eigenvalue weighted by molar-refractivity contribution is 0.339. The number of thiazole rings is 1. The largest absolute Gasteiger partial charge is 0.493 e. The average molecular weight is 406 g/mol. The van der Waals surface area contributed by atoms with Gasteiger partial charge in [-0.05, 0) is 30.0 Å². The molecule has 2 heterocycles. The van der Waals surface area contributed by atoms with Crippen LogP contribution in [0.2, 0.25) is 0 Å². The van der Waals surface area contributed by atoms with E-state index in [2.05, 4.69) is 43.0 Å². The molecule has 2 aromatic heterocycles. The van der Waals surface area contributed by atoms with E-state index in [0.717, 1.165) is 16.9 Å². The molecule has 4 rings (SSSR count). The van der Waals surface area contributed by atoms with Crippen LogP contribution in [0.25, 0.3) is 22.4 Å². The lowest BCUT2D eigenvalue weighted by Crippen LogP contribution is -2.23. The lowest BCUT2D eigenvalue weighted by Gasteiger charge is -2.18. The number of hydrogen-bond acceptors (Lipinski definition) is 5. The Bertz CT molecular complexity index is 1260. The summed E-state index contributed by atoms with van der Waals surface area (Å²) in [6.07, 6.45) is 1.84. The highest BCUT2D eigenvalue weighted by molar-refractivity contribution is 7.15. The standard InChI is InChI=1S/C23H23N3O2S/c1-5-28-18-9-7-6-8-16(18)14-19-21(27)26-22(29-19)24-20(25-26)15-10-12-17(13-11-15)23(2,3)4/h6-14H,5H2,1-4H3/b19-14-. The molecule has 0 aliphatic rings. The zero-order chi connectivity index (χ0) is 20.6. The summed E-state index contributed by atoms with van der Waals surface area (Å²) in [6, 6.07) is 15.9. The number of ether oxygens (including phenoxy) is 1. The zero-order valence-corrected chi connectivity index (χ0v) is 17.8. The van der Waals surface area contributed by atoms with Crippen LogP contribution in [0.4, 0.5) is 0 Å². The highest BCUT2D eigenvalue weighted by Gasteiger charge is 2.15. The molecule has 0 unspecified atom stereocenters. The van der Waals surface area contributed by atoms with E-state index in [1.807, 2.05) is 49.4 Å². The highest BCUT2D eigenvalue weighted by atomic mass is 32.1. The zero-order valence-electron chi connectivity index (χ0n) is 17.0. The fourth-order valence-corrected chi connectivity index (χ4v) is 4.00. The monoisotopic (exact) mass is 405 g/mol. The number of fused-ring (bicyclic) bond motifs is 1. The molecule has 29 heavy (non-hydrogen) atoms. The molecule has 0 aliphatic heterocycles. The van der Waals surface area contributed by atoms with Gasteiger partial charge in [0.25, 0.3) is 5.56 Å². The fraction of sp³-hybridized carbons (Fsp3) is 0.261. The maximum Gasteiger partial charge on any atom is 0.291 e. The van der Waals surface area contributed by atoms with Gasteiger partial charge in [0.15, 0.2) is 5.82 Å². The van der Waals surface area contributed by atoms with Crippen molar-refractivity contribution < 1.29 is 4.74 Å². The maximum atomic E-state index is 12.8. The molecule has 2 aromatic carbocycles. The summed E-state index contributed by atoms with van der Waals surface area (Å²) in [6.45, 7) is 9.05. The Morgan fingerprint density at radius 3 is 2.48 bits per heavy atom. The summed E-state index contributed by atoms with van der Waals surface area (Å²) in [5, 5.41) is 4.45. The van der Waals surface area contributed by atoms with E-state index in [4.69, 9.17) is 4.74 Å². The third-order valence-electron chi connectivity index (χ3n) is 4.70. The smallest absolute Gasteiger partial charge is 0.291 e. The molecule has 0 radical (unpaired) electrons. The van der Waals surface area contributed by atoms with Crippen LogP contribution in [0, 0.1) is 0 Å². The molecule has 0 atom stereocenters. The average Bonchev–Trinajstić information content (AvgIpc) is 3.23. The molecule has 0 saturated heterocycles. The number of aromatic nitrogens is 3. The molecule has 148 valence electrons. The summed E-state index contributed by atoms with van der Waals surface area (Å²) in [5.41, 5.74) is 2.94. The van der Waals surface area contributed by atoms with Gasteiger partial charge in [0.2, 0.25) is 4.96 Å². The van der Waals surface area contributed by atoms with Gasteiger partial charge in [0.1, 0.15) is 5.75 Å². The van der Waals surface area contributed by atoms with E-state index in [0.29, 0.717) is 21.9 Å². The van der Waals surface area contributed by atoms with Crippen LogP contribution in [-0.4, -0.2) is 21.2 Å². The molecule has 0 amide bonds. The summed E-state index contributed by atoms with van der Waals surface area (Å²) < 4.78 is 7.62. The number of para-hydroxylation sites is 1. The van der Waals surface area contributed by atoms with Gasteiger partial charge in [-0.25, -0.2) is 0 Å². The highest BCUT2D eigenvalue weighted by Crippen LogP contribution is 2.25. The van der Waals surface area contributed by atoms with Crippen molar-refractivity contribution in [2.45, 2.75) is 33.1 Å². The van der Waals surface area contributed by atoms with Crippen LogP contribution in [0.5, 0.6) is 5.75 Å². The first-order valence-electron chi connectivity index (χ1n) is 9.61. The second kappa shape index (κ2) is 7.44. The minimum absolute atomic E-state index is 0.0885. The minimum Gasteiger partial charge on any atom is -0.493 e. The molecular formula is C23H23N3O2S. The Morgan fingerprint density at radius 1 is 1.10 bits per heavy atom. The number of nitrogens with zero attached hydrogens (tertiary/aromatic N) is 3. The van der Waals surface area contributed by atoms with Gasteiger partial charge in [0, 0.05) is 11.1 Å². The van der Waals surface area contributed by atoms with E-state index < -0.39 is 0 Å². The van der Waals surface area contributed by atoms with Gasteiger partial charge < -0.3 is 4.74 Å². The normalized spacial score (nSPS) is 12.6. The minimum atomic E-state index is -0.165. The molecule has 0 fully saturated rings. The van der Waals surface area contributed by atoms with Crippen molar-refractivity contribution in [3.63, 3.8) is 0 Å². The molecule has 0 aliphatic carbocycles. The van der Waals surface area contributed by atoms with Gasteiger partial charge in [0.05, 0.1) is 11.1 Å². The molecule has 0 spiro atoms. The van der Waals surface area contributed by atoms with E-state index >= 15 is 0 Å². The number of rotatable bonds is 4. The maximum absolute atomic E-state index is 12.8. The van der Waals surface area contributed by atoms with Gasteiger partial charge in [-0.1, -0.05) is 74.6 Å². The van der Waals surface area contributed by atoms with Crippen LogP contribution in [0.15, 0.2) is 53.3 Å². The summed E-state index contributed by atoms with van der Waals surface area (Å²) in [4.78, 5) is 18.0. The Labute approximate surface area is 173 Å². The van der Waals surface area contributed by atoms with Crippen molar-refractivity contribution in [1.82, 2.24) is 14.6 Å². The molecular weight excluding hydrogens is 382 g/mol. The van der Waals surface area contributed by atoms with Gasteiger partial charge >= 0.3 is 0 Å². The molecule has 0 N–H and O–H groups in total. The quantitative estimate of drug-likeness (QED) is 0.514. The predicted molar refractivity (Wildman–Crippen MR) is 118 cm³/mol. The van der Waals surface area contributed by atoms with Crippen LogP contribution < -0.4 is 14.8 Å². The Balaban J connectivity index is 1.73. The van der Waals surface area contributed by atoms with Gasteiger partial charge in [-0.3, -0.25) is 4.79 Å². The molecule has 5 nitrogen and oxygen atoms in total. The van der Waals surface area contributed by atoms with Crippen molar-refractivity contribution in [3.8, 4) is 17.1 Å². The van der Waals surface area contributed by atoms with Crippen LogP contribution in [-0.2, 0) is 5.41 Å². The Morgan fingerprint density at radius 2 is 1.83 bits per heavy atom. The van der Waals surface area contributed by atoms with E-state index in [1.165, 1.54) is 21.4 Å². The van der Waals surface area contributed by atoms with Crippen molar-refractivity contribution >= 4 is 22.4 Å². The topological polar surface area (TPSA) is 56.5 Å². The van der Waals surface area contributed by atoms with Crippen LogP contribution in [0.3, 0.4) is 0 Å². The molecule has 6 heteroatoms. The first-order valence-corrected chi connectivity index (χ1v) is 10.4. The third-order valence-corrected chi connectivity index (χ3v) is 5.66. The third kappa shape index (κ3) is 3.80. The molecule has 0 bridgehead atoms. The summed E-state index contributed by atoms with van der Waals surface area (Å²) >= 11 is 1.33. The SMILES string of the molecule is CCOc1ccccc1/C=c1\sc2nc(-c3ccc(C(C)(C)C)cc3)nn2c1=O. The predicted octanol–water partition coefficient (Wildman–Crippen LogP) is 4.06. The number of benzene rings is 2. The van der Waals surface area contributed by atoms with Gasteiger partial charge in [-0.2, -0.15) is 9.50 Å². The first kappa shape index (κ1) is 19.3. The van der Waals surface area contributed by atoms with Crippen molar-refractivity contribution in [2.24, 2.45) is 0 Å². The van der Waals surface area contributed by atoms with Gasteiger partial charge in [-0.15, -0.1) is 5.10 Å². The second-order valence-electron chi connectivity index (χ2n) is 7.84. The van der Waals surface area contributed by atoms with E-state index in [1.54, 1.807) is 0 Å². The Kier molecular flexibility index (Phi) is 4.96. The number of hydrogen-bond donors (Lipinski definition) is 0. The van der Waals surface area contributed by atoms with Crippen molar-refractivity contribution in [1.29, 1.82) is 0 Å². The fourth-order valence-electron chi connectivity index (χ4n) is 3.10. The van der Waals surface area contributed by atoms with Crippen LogP contribution >= 0.6 is 11.3 Å². The summed E-state index contributed by atoms with van der Waals surface area (Å²) in [7, 11) is 0. The van der Waals surface area contributed by atoms with E-state index in [9.17, 15) is 4.79 Å². The molecule has 4 aromatic rings. The van der Waals surface area contributed by atoms with Crippen LogP contribution in [0.1, 0.15) is 38.8 Å². The Hall–Kier alpha value is -2.99. The lowest BCUT2D eigenvalue weighted by atomic mass is 9.87. The first-order chi connectivity index (χ1) is 13.9. The van der Waals surface area contributed by atoms with E-state index in [-0.39, 0.29) is 11.0 Å². The van der Waals surface area contributed by atoms with Crippen molar-refractivity contribution in [2.75, 3.05) is 6.61 Å². The molecule has 0 saturated carbocycles.